The van der Waals surface area contributed by atoms with E-state index in [2.05, 4.69) is 13.8 Å². The lowest BCUT2D eigenvalue weighted by Crippen LogP contribution is -2.05. The van der Waals surface area contributed by atoms with E-state index in [-0.39, 0.29) is 14.1 Å². The second kappa shape index (κ2) is 7.34. The fourth-order valence-corrected chi connectivity index (χ4v) is 2.67. The summed E-state index contributed by atoms with van der Waals surface area (Å²) < 4.78 is 15.7. The van der Waals surface area contributed by atoms with E-state index in [0.717, 1.165) is 6.42 Å². The van der Waals surface area contributed by atoms with Crippen molar-refractivity contribution in [3.63, 3.8) is 0 Å². The van der Waals surface area contributed by atoms with Crippen LogP contribution in [0, 0.1) is 0 Å². The van der Waals surface area contributed by atoms with E-state index in [4.69, 9.17) is 14.2 Å². The van der Waals surface area contributed by atoms with E-state index >= 15 is 0 Å². The highest BCUT2D eigenvalue weighted by Crippen LogP contribution is 2.39. The quantitative estimate of drug-likeness (QED) is 0.720. The van der Waals surface area contributed by atoms with Crippen LogP contribution in [0.4, 0.5) is 0 Å². The van der Waals surface area contributed by atoms with E-state index in [9.17, 15) is 4.79 Å². The molecule has 0 saturated carbocycles. The average molecular weight is 284 g/mol. The predicted octanol–water partition coefficient (Wildman–Crippen LogP) is 3.33. The van der Waals surface area contributed by atoms with Crippen LogP contribution in [0.5, 0.6) is 17.2 Å². The van der Waals surface area contributed by atoms with E-state index in [1.54, 1.807) is 19.2 Å². The first kappa shape index (κ1) is 15.8. The normalized spacial score (nSPS) is 12.5. The second-order valence-electron chi connectivity index (χ2n) is 4.19. The Hall–Kier alpha value is -1.28. The van der Waals surface area contributed by atoms with Crippen LogP contribution in [0.2, 0.25) is 0 Å². The van der Waals surface area contributed by atoms with Gasteiger partial charge in [-0.05, 0) is 20.7 Å². The molecule has 0 bridgehead atoms. The van der Waals surface area contributed by atoms with Gasteiger partial charge >= 0.3 is 0 Å². The van der Waals surface area contributed by atoms with Crippen molar-refractivity contribution in [1.82, 2.24) is 0 Å². The van der Waals surface area contributed by atoms with Crippen molar-refractivity contribution in [2.24, 2.45) is 0 Å². The van der Waals surface area contributed by atoms with Crippen molar-refractivity contribution < 1.29 is 19.0 Å². The van der Waals surface area contributed by atoms with Gasteiger partial charge in [-0.2, -0.15) is 0 Å². The zero-order valence-electron chi connectivity index (χ0n) is 12.1. The number of hydrogen-bond acceptors (Lipinski definition) is 4. The van der Waals surface area contributed by atoms with Gasteiger partial charge in [0.25, 0.3) is 0 Å². The Morgan fingerprint density at radius 2 is 1.68 bits per heavy atom. The van der Waals surface area contributed by atoms with Crippen LogP contribution in [0.15, 0.2) is 12.1 Å². The third kappa shape index (κ3) is 3.84. The first-order chi connectivity index (χ1) is 9.07. The third-order valence-electron chi connectivity index (χ3n) is 2.93. The summed E-state index contributed by atoms with van der Waals surface area (Å²) in [6.07, 6.45) is 0.977. The van der Waals surface area contributed by atoms with Crippen LogP contribution in [0.3, 0.4) is 0 Å². The second-order valence-corrected chi connectivity index (χ2v) is 5.92. The molecule has 1 aromatic rings. The lowest BCUT2D eigenvalue weighted by atomic mass is 10.2. The monoisotopic (exact) mass is 284 g/mol. The fraction of sp³-hybridized carbons (Fsp3) is 0.500. The highest BCUT2D eigenvalue weighted by molar-refractivity contribution is 7.59. The molecule has 1 aromatic carbocycles. The Bertz CT molecular complexity index is 420. The van der Waals surface area contributed by atoms with Gasteiger partial charge in [0.05, 0.1) is 21.3 Å². The topological polar surface area (TPSA) is 44.8 Å². The van der Waals surface area contributed by atoms with Gasteiger partial charge in [0.15, 0.2) is 5.52 Å². The minimum Gasteiger partial charge on any atom is -0.496 e. The summed E-state index contributed by atoms with van der Waals surface area (Å²) in [4.78, 5) is 12.4. The van der Waals surface area contributed by atoms with Gasteiger partial charge in [0.2, 0.25) is 0 Å². The molecule has 2 unspecified atom stereocenters. The van der Waals surface area contributed by atoms with Crippen LogP contribution in [-0.2, 0) is 0 Å². The predicted molar refractivity (Wildman–Crippen MR) is 78.5 cm³/mol. The van der Waals surface area contributed by atoms with Crippen molar-refractivity contribution in [2.45, 2.75) is 25.9 Å². The molecule has 0 aliphatic heterocycles. The van der Waals surface area contributed by atoms with Gasteiger partial charge in [-0.25, -0.2) is 0 Å². The SMILES string of the molecule is CCC(C)PC(=O)c1c(OC)cc(OC)cc1OC. The zero-order chi connectivity index (χ0) is 14.4. The zero-order valence-corrected chi connectivity index (χ0v) is 13.1. The summed E-state index contributed by atoms with van der Waals surface area (Å²) in [6, 6.07) is 3.41. The van der Waals surface area contributed by atoms with Crippen LogP contribution in [-0.4, -0.2) is 32.5 Å². The lowest BCUT2D eigenvalue weighted by Gasteiger charge is -2.15. The van der Waals surface area contributed by atoms with Crippen molar-refractivity contribution in [3.8, 4) is 17.2 Å². The number of rotatable bonds is 7. The third-order valence-corrected chi connectivity index (χ3v) is 4.35. The molecule has 0 aromatic heterocycles. The number of hydrogen-bond donors (Lipinski definition) is 0. The summed E-state index contributed by atoms with van der Waals surface area (Å²) in [6.45, 7) is 4.15. The molecule has 1 rings (SSSR count). The standard InChI is InChI=1S/C14H21O4P/c1-6-9(2)19-14(15)13-11(17-4)7-10(16-3)8-12(13)18-5/h7-9,19H,6H2,1-5H3. The summed E-state index contributed by atoms with van der Waals surface area (Å²) in [5, 5.41) is 0. The van der Waals surface area contributed by atoms with Crippen LogP contribution in [0.25, 0.3) is 0 Å². The highest BCUT2D eigenvalue weighted by Gasteiger charge is 2.21. The summed E-state index contributed by atoms with van der Waals surface area (Å²) in [7, 11) is 4.86. The van der Waals surface area contributed by atoms with E-state index in [1.165, 1.54) is 14.2 Å². The number of carbonyl (C=O) groups is 1. The largest absolute Gasteiger partial charge is 0.496 e. The first-order valence-electron chi connectivity index (χ1n) is 6.18. The van der Waals surface area contributed by atoms with Crippen LogP contribution in [0.1, 0.15) is 30.6 Å². The van der Waals surface area contributed by atoms with E-state index in [1.807, 2.05) is 0 Å². The maximum Gasteiger partial charge on any atom is 0.188 e. The van der Waals surface area contributed by atoms with Gasteiger partial charge in [0, 0.05) is 12.1 Å². The van der Waals surface area contributed by atoms with Gasteiger partial charge in [-0.15, -0.1) is 0 Å². The first-order valence-corrected chi connectivity index (χ1v) is 7.25. The summed E-state index contributed by atoms with van der Waals surface area (Å²) >= 11 is 0. The van der Waals surface area contributed by atoms with Gasteiger partial charge in [-0.1, -0.05) is 13.8 Å². The van der Waals surface area contributed by atoms with Crippen molar-refractivity contribution in [2.75, 3.05) is 21.3 Å². The molecule has 19 heavy (non-hydrogen) atoms. The molecule has 0 spiro atoms. The minimum absolute atomic E-state index is 0.0608. The molecule has 0 saturated heterocycles. The fourth-order valence-electron chi connectivity index (χ4n) is 1.63. The number of ether oxygens (including phenoxy) is 3. The Kier molecular flexibility index (Phi) is 6.10. The van der Waals surface area contributed by atoms with Crippen LogP contribution >= 0.6 is 8.58 Å². The number of benzene rings is 1. The molecule has 0 fully saturated rings. The Labute approximate surface area is 116 Å². The molecule has 0 aliphatic rings. The molecule has 106 valence electrons. The highest BCUT2D eigenvalue weighted by atomic mass is 31.1. The summed E-state index contributed by atoms with van der Waals surface area (Å²) in [5.74, 6) is 1.60. The van der Waals surface area contributed by atoms with E-state index < -0.39 is 0 Å². The molecule has 0 aliphatic carbocycles. The maximum absolute atomic E-state index is 12.4. The van der Waals surface area contributed by atoms with E-state index in [0.29, 0.717) is 28.5 Å². The van der Waals surface area contributed by atoms with Gasteiger partial charge in [0.1, 0.15) is 22.8 Å². The van der Waals surface area contributed by atoms with Gasteiger partial charge in [-0.3, -0.25) is 4.79 Å². The molecular weight excluding hydrogens is 263 g/mol. The lowest BCUT2D eigenvalue weighted by molar-refractivity contribution is 0.107. The smallest absolute Gasteiger partial charge is 0.188 e. The molecule has 2 atom stereocenters. The molecular formula is C14H21O4P. The Morgan fingerprint density at radius 1 is 1.16 bits per heavy atom. The Balaban J connectivity index is 3.20. The molecule has 0 radical (unpaired) electrons. The maximum atomic E-state index is 12.4. The number of carbonyl (C=O) groups excluding carboxylic acids is 1. The minimum atomic E-state index is 0.0608. The molecule has 5 heteroatoms. The van der Waals surface area contributed by atoms with Gasteiger partial charge < -0.3 is 14.2 Å². The molecule has 4 nitrogen and oxygen atoms in total. The molecule has 0 heterocycles. The number of methoxy groups -OCH3 is 3. The van der Waals surface area contributed by atoms with Crippen molar-refractivity contribution in [3.05, 3.63) is 17.7 Å². The van der Waals surface area contributed by atoms with Crippen molar-refractivity contribution in [1.29, 1.82) is 0 Å². The molecule has 0 amide bonds. The van der Waals surface area contributed by atoms with Crippen LogP contribution < -0.4 is 14.2 Å². The Morgan fingerprint density at radius 3 is 2.05 bits per heavy atom. The average Bonchev–Trinajstić information content (AvgIpc) is 2.44. The molecule has 0 N–H and O–H groups in total. The van der Waals surface area contributed by atoms with Crippen molar-refractivity contribution >= 4 is 14.1 Å². The summed E-state index contributed by atoms with van der Waals surface area (Å²) in [5.41, 5.74) is 0.930.